The van der Waals surface area contributed by atoms with E-state index in [2.05, 4.69) is 4.90 Å². The van der Waals surface area contributed by atoms with Gasteiger partial charge in [0.1, 0.15) is 17.2 Å². The quantitative estimate of drug-likeness (QED) is 0.321. The molecule has 2 heterocycles. The molecule has 0 radical (unpaired) electrons. The molecular formula is C22H33BCl2FN3O4. The van der Waals surface area contributed by atoms with E-state index in [9.17, 15) is 14.3 Å². The van der Waals surface area contributed by atoms with Gasteiger partial charge in [0.05, 0.1) is 5.52 Å². The fraction of sp³-hybridized carbons (Fsp3) is 0.545. The van der Waals surface area contributed by atoms with E-state index >= 15 is 0 Å². The first-order valence-corrected chi connectivity index (χ1v) is 10.8. The molecule has 0 aliphatic carbocycles. The van der Waals surface area contributed by atoms with Gasteiger partial charge in [-0.25, -0.2) is 9.37 Å². The maximum atomic E-state index is 14.2. The highest BCUT2D eigenvalue weighted by Gasteiger charge is 2.43. The van der Waals surface area contributed by atoms with Crippen molar-refractivity contribution in [2.24, 2.45) is 11.7 Å². The second kappa shape index (κ2) is 12.2. The van der Waals surface area contributed by atoms with Gasteiger partial charge in [0.15, 0.2) is 0 Å². The molecule has 1 atom stereocenters. The summed E-state index contributed by atoms with van der Waals surface area (Å²) < 4.78 is 14.2. The summed E-state index contributed by atoms with van der Waals surface area (Å²) in [7, 11) is -1.38. The molecule has 1 saturated heterocycles. The number of benzene rings is 1. The molecule has 0 spiro atoms. The van der Waals surface area contributed by atoms with Crippen LogP contribution in [-0.2, 0) is 4.79 Å². The molecule has 1 fully saturated rings. The van der Waals surface area contributed by atoms with Gasteiger partial charge >= 0.3 is 13.1 Å². The van der Waals surface area contributed by atoms with E-state index in [-0.39, 0.29) is 42.9 Å². The third-order valence-electron chi connectivity index (χ3n) is 6.52. The molecule has 1 aromatic carbocycles. The van der Waals surface area contributed by atoms with Crippen molar-refractivity contribution in [3.63, 3.8) is 0 Å². The summed E-state index contributed by atoms with van der Waals surface area (Å²) in [5, 5.41) is 28.3. The first-order chi connectivity index (χ1) is 14.6. The lowest BCUT2D eigenvalue weighted by Gasteiger charge is -2.41. The number of hydrogen-bond acceptors (Lipinski definition) is 6. The van der Waals surface area contributed by atoms with E-state index in [1.165, 1.54) is 6.07 Å². The van der Waals surface area contributed by atoms with Crippen molar-refractivity contribution in [1.29, 1.82) is 0 Å². The number of carboxylic acid groups (broad SMARTS) is 1. The zero-order valence-corrected chi connectivity index (χ0v) is 20.6. The number of aromatic nitrogens is 1. The van der Waals surface area contributed by atoms with Crippen molar-refractivity contribution < 1.29 is 24.3 Å². The third kappa shape index (κ3) is 6.48. The highest BCUT2D eigenvalue weighted by molar-refractivity contribution is 6.40. The minimum absolute atomic E-state index is 0. The van der Waals surface area contributed by atoms with E-state index in [0.29, 0.717) is 56.1 Å². The largest absolute Gasteiger partial charge is 0.480 e. The van der Waals surface area contributed by atoms with E-state index in [1.54, 1.807) is 6.07 Å². The average molecular weight is 504 g/mol. The van der Waals surface area contributed by atoms with Crippen LogP contribution in [-0.4, -0.2) is 51.9 Å². The highest BCUT2D eigenvalue weighted by Crippen LogP contribution is 2.34. The van der Waals surface area contributed by atoms with Gasteiger partial charge in [-0.2, -0.15) is 0 Å². The van der Waals surface area contributed by atoms with Gasteiger partial charge in [0.25, 0.3) is 0 Å². The van der Waals surface area contributed by atoms with Gasteiger partial charge in [-0.15, -0.1) is 24.8 Å². The summed E-state index contributed by atoms with van der Waals surface area (Å²) in [5.74, 6) is -0.680. The maximum Gasteiger partial charge on any atom is 0.451 e. The minimum Gasteiger partial charge on any atom is -0.480 e. The molecule has 1 aliphatic rings. The van der Waals surface area contributed by atoms with Crippen LogP contribution in [0, 0.1) is 25.6 Å². The van der Waals surface area contributed by atoms with Crippen molar-refractivity contribution in [3.05, 3.63) is 35.1 Å². The Labute approximate surface area is 206 Å². The second-order valence-electron chi connectivity index (χ2n) is 8.72. The Hall–Kier alpha value is -1.65. The van der Waals surface area contributed by atoms with E-state index < -0.39 is 18.6 Å². The smallest absolute Gasteiger partial charge is 0.451 e. The number of carboxylic acids is 1. The predicted molar refractivity (Wildman–Crippen MR) is 134 cm³/mol. The Morgan fingerprint density at radius 1 is 1.21 bits per heavy atom. The first-order valence-electron chi connectivity index (χ1n) is 10.8. The fourth-order valence-corrected chi connectivity index (χ4v) is 4.61. The van der Waals surface area contributed by atoms with Crippen LogP contribution in [0.2, 0.25) is 6.32 Å². The summed E-state index contributed by atoms with van der Waals surface area (Å²) in [6.45, 7) is 5.07. The number of aliphatic carboxylic acids is 1. The van der Waals surface area contributed by atoms with Crippen LogP contribution in [0.25, 0.3) is 10.9 Å². The lowest BCUT2D eigenvalue weighted by Crippen LogP contribution is -2.57. The average Bonchev–Trinajstić information content (AvgIpc) is 2.73. The number of pyridine rings is 1. The van der Waals surface area contributed by atoms with Crippen molar-refractivity contribution in [2.45, 2.75) is 57.8 Å². The number of halogens is 3. The Morgan fingerprint density at radius 3 is 2.42 bits per heavy atom. The Bertz CT molecular complexity index is 961. The molecule has 1 unspecified atom stereocenters. The number of rotatable bonds is 8. The second-order valence-corrected chi connectivity index (χ2v) is 8.72. The summed E-state index contributed by atoms with van der Waals surface area (Å²) in [6, 6.07) is 5.01. The molecule has 11 heteroatoms. The number of aryl methyl sites for hydroxylation is 2. The number of nitrogens with two attached hydrogens (primary N) is 1. The lowest BCUT2D eigenvalue weighted by molar-refractivity contribution is -0.146. The zero-order valence-electron chi connectivity index (χ0n) is 19.0. The molecule has 0 saturated carbocycles. The molecule has 0 bridgehead atoms. The van der Waals surface area contributed by atoms with Crippen LogP contribution in [0.5, 0.6) is 0 Å². The zero-order chi connectivity index (χ0) is 22.8. The highest BCUT2D eigenvalue weighted by atomic mass is 35.5. The van der Waals surface area contributed by atoms with Crippen LogP contribution in [0.4, 0.5) is 10.2 Å². The van der Waals surface area contributed by atoms with Crippen LogP contribution >= 0.6 is 24.8 Å². The van der Waals surface area contributed by atoms with Gasteiger partial charge in [-0.05, 0) is 68.6 Å². The number of carbonyl (C=O) groups is 1. The van der Waals surface area contributed by atoms with Crippen LogP contribution in [0.15, 0.2) is 18.2 Å². The van der Waals surface area contributed by atoms with Crippen LogP contribution in [0.1, 0.15) is 43.2 Å². The van der Waals surface area contributed by atoms with Gasteiger partial charge in [0, 0.05) is 18.5 Å². The molecule has 0 amide bonds. The summed E-state index contributed by atoms with van der Waals surface area (Å²) in [6.07, 6.45) is 2.78. The number of hydrogen-bond donors (Lipinski definition) is 4. The lowest BCUT2D eigenvalue weighted by atomic mass is 9.74. The number of piperidine rings is 1. The van der Waals surface area contributed by atoms with Gasteiger partial charge in [-0.3, -0.25) is 4.79 Å². The summed E-state index contributed by atoms with van der Waals surface area (Å²) in [5.41, 5.74) is 7.46. The standard InChI is InChI=1S/C22H31BFN3O4.2ClH/c1-14-5-6-18(24)17-13-15(2)20(26-19(14)17)27-11-7-16(8-12-27)22(25,21(28)29)9-3-4-10-23(30)31;;/h5-6,13,16,30-31H,3-4,7-12,25H2,1-2H3,(H,28,29);2*1H. The molecule has 3 rings (SSSR count). The predicted octanol–water partition coefficient (Wildman–Crippen LogP) is 3.48. The molecule has 33 heavy (non-hydrogen) atoms. The van der Waals surface area contributed by atoms with E-state index in [0.717, 1.165) is 16.9 Å². The van der Waals surface area contributed by atoms with Crippen LogP contribution < -0.4 is 10.6 Å². The minimum atomic E-state index is -1.38. The van der Waals surface area contributed by atoms with Crippen molar-refractivity contribution in [1.82, 2.24) is 4.98 Å². The van der Waals surface area contributed by atoms with Crippen molar-refractivity contribution in [3.8, 4) is 0 Å². The first kappa shape index (κ1) is 29.4. The molecule has 1 aliphatic heterocycles. The molecule has 184 valence electrons. The van der Waals surface area contributed by atoms with E-state index in [1.807, 2.05) is 19.9 Å². The number of fused-ring (bicyclic) bond motifs is 1. The fourth-order valence-electron chi connectivity index (χ4n) is 4.61. The summed E-state index contributed by atoms with van der Waals surface area (Å²) >= 11 is 0. The third-order valence-corrected chi connectivity index (χ3v) is 6.52. The molecule has 5 N–H and O–H groups in total. The SMILES string of the molecule is Cc1cc2c(F)ccc(C)c2nc1N1CCC(C(N)(CCCCB(O)O)C(=O)O)CC1.Cl.Cl. The molecule has 7 nitrogen and oxygen atoms in total. The van der Waals surface area contributed by atoms with E-state index in [4.69, 9.17) is 20.8 Å². The Morgan fingerprint density at radius 2 is 1.85 bits per heavy atom. The van der Waals surface area contributed by atoms with Gasteiger partial charge < -0.3 is 25.8 Å². The Balaban J connectivity index is 0.00000272. The topological polar surface area (TPSA) is 120 Å². The van der Waals surface area contributed by atoms with Crippen molar-refractivity contribution >= 4 is 54.6 Å². The summed E-state index contributed by atoms with van der Waals surface area (Å²) in [4.78, 5) is 18.9. The van der Waals surface area contributed by atoms with Crippen molar-refractivity contribution in [2.75, 3.05) is 18.0 Å². The molecule has 2 aromatic rings. The van der Waals surface area contributed by atoms with Crippen LogP contribution in [0.3, 0.4) is 0 Å². The van der Waals surface area contributed by atoms with Gasteiger partial charge in [-0.1, -0.05) is 18.9 Å². The normalized spacial score (nSPS) is 16.0. The molecular weight excluding hydrogens is 471 g/mol. The molecule has 1 aromatic heterocycles. The Kier molecular flexibility index (Phi) is 10.8. The maximum absolute atomic E-state index is 14.2. The number of unbranched alkanes of at least 4 members (excludes halogenated alkanes) is 1. The monoisotopic (exact) mass is 503 g/mol. The number of nitrogens with zero attached hydrogens (tertiary/aromatic N) is 2. The number of anilines is 1. The van der Waals surface area contributed by atoms with Gasteiger partial charge in [0.2, 0.25) is 0 Å².